The van der Waals surface area contributed by atoms with Gasteiger partial charge in [0.25, 0.3) is 0 Å². The van der Waals surface area contributed by atoms with Crippen LogP contribution in [0.5, 0.6) is 0 Å². The molecule has 2 aliphatic carbocycles. The lowest BCUT2D eigenvalue weighted by Gasteiger charge is -2.50. The van der Waals surface area contributed by atoms with Crippen LogP contribution in [0.3, 0.4) is 0 Å². The lowest BCUT2D eigenvalue weighted by atomic mass is 9.55. The molecule has 0 amide bonds. The van der Waals surface area contributed by atoms with Gasteiger partial charge in [-0.15, -0.1) is 0 Å². The number of hydrogen-bond acceptors (Lipinski definition) is 3. The third-order valence-electron chi connectivity index (χ3n) is 6.85. The monoisotopic (exact) mass is 333 g/mol. The maximum absolute atomic E-state index is 12.6. The summed E-state index contributed by atoms with van der Waals surface area (Å²) in [5.74, 6) is 1.14. The molecule has 3 nitrogen and oxygen atoms in total. The van der Waals surface area contributed by atoms with E-state index in [9.17, 15) is 4.79 Å². The fourth-order valence-corrected chi connectivity index (χ4v) is 5.67. The number of allylic oxidation sites excluding steroid dienone is 1. The summed E-state index contributed by atoms with van der Waals surface area (Å²) in [7, 11) is 0. The highest BCUT2D eigenvalue weighted by molar-refractivity contribution is 5.75. The summed E-state index contributed by atoms with van der Waals surface area (Å²) in [6.45, 7) is 14.3. The molecule has 1 heterocycles. The van der Waals surface area contributed by atoms with Crippen LogP contribution in [0, 0.1) is 23.2 Å². The van der Waals surface area contributed by atoms with Crippen molar-refractivity contribution in [3.05, 3.63) is 12.2 Å². The van der Waals surface area contributed by atoms with E-state index in [1.54, 1.807) is 0 Å². The number of ether oxygens (including phenoxy) is 1. The Kier molecular flexibility index (Phi) is 5.39. The standard InChI is InChI=1S/C21H35NO2/c1-5-10-22(11-6-2)14-17-16-12-18-15(3)8-7-9-21(18,4)13-19(16)24-20(17)23/h16-19H,3,5-14H2,1-2,4H3/t16-,17+,18+,19-,21-/m1/s1. The molecule has 0 unspecified atom stereocenters. The van der Waals surface area contributed by atoms with Crippen LogP contribution in [-0.2, 0) is 9.53 Å². The molecule has 0 aromatic rings. The molecule has 3 rings (SSSR count). The number of rotatable bonds is 6. The summed E-state index contributed by atoms with van der Waals surface area (Å²) < 4.78 is 5.89. The second kappa shape index (κ2) is 7.19. The van der Waals surface area contributed by atoms with Gasteiger partial charge >= 0.3 is 5.97 Å². The van der Waals surface area contributed by atoms with Crippen LogP contribution in [0.2, 0.25) is 0 Å². The van der Waals surface area contributed by atoms with Crippen molar-refractivity contribution < 1.29 is 9.53 Å². The van der Waals surface area contributed by atoms with Crippen LogP contribution in [0.1, 0.15) is 65.7 Å². The van der Waals surface area contributed by atoms with E-state index in [1.165, 1.54) is 24.8 Å². The Balaban J connectivity index is 1.74. The van der Waals surface area contributed by atoms with Gasteiger partial charge in [-0.1, -0.05) is 32.9 Å². The molecule has 2 saturated carbocycles. The molecule has 0 aromatic carbocycles. The van der Waals surface area contributed by atoms with Crippen LogP contribution in [0.25, 0.3) is 0 Å². The molecule has 3 aliphatic rings. The minimum Gasteiger partial charge on any atom is -0.462 e. The predicted molar refractivity (Wildman–Crippen MR) is 97.7 cm³/mol. The highest BCUT2D eigenvalue weighted by Crippen LogP contribution is 2.56. The normalized spacial score (nSPS) is 38.8. The van der Waals surface area contributed by atoms with Gasteiger partial charge in [0, 0.05) is 12.5 Å². The molecule has 3 heteroatoms. The first kappa shape index (κ1) is 18.0. The van der Waals surface area contributed by atoms with Crippen molar-refractivity contribution in [3.63, 3.8) is 0 Å². The number of carbonyl (C=O) groups excluding carboxylic acids is 1. The number of carbonyl (C=O) groups is 1. The first-order chi connectivity index (χ1) is 11.5. The van der Waals surface area contributed by atoms with Crippen LogP contribution in [0.4, 0.5) is 0 Å². The third kappa shape index (κ3) is 3.29. The molecule has 0 bridgehead atoms. The Morgan fingerprint density at radius 1 is 1.29 bits per heavy atom. The largest absolute Gasteiger partial charge is 0.462 e. The third-order valence-corrected chi connectivity index (χ3v) is 6.85. The van der Waals surface area contributed by atoms with E-state index >= 15 is 0 Å². The zero-order valence-electron chi connectivity index (χ0n) is 15.9. The Morgan fingerprint density at radius 3 is 2.67 bits per heavy atom. The number of nitrogens with zero attached hydrogens (tertiary/aromatic N) is 1. The molecule has 1 aliphatic heterocycles. The second-order valence-electron chi connectivity index (χ2n) is 8.70. The zero-order chi connectivity index (χ0) is 17.3. The SMILES string of the molecule is C=C1CCC[C@]2(C)C[C@H]3OC(=O)[C@@H](CN(CCC)CCC)[C@H]3C[C@@H]12. The van der Waals surface area contributed by atoms with E-state index in [4.69, 9.17) is 4.74 Å². The van der Waals surface area contributed by atoms with E-state index in [0.29, 0.717) is 17.3 Å². The number of esters is 1. The summed E-state index contributed by atoms with van der Waals surface area (Å²) in [5, 5.41) is 0. The summed E-state index contributed by atoms with van der Waals surface area (Å²) in [4.78, 5) is 15.1. The Hall–Kier alpha value is -0.830. The lowest BCUT2D eigenvalue weighted by molar-refractivity contribution is -0.146. The van der Waals surface area contributed by atoms with Crippen molar-refractivity contribution in [3.8, 4) is 0 Å². The zero-order valence-corrected chi connectivity index (χ0v) is 15.9. The lowest BCUT2D eigenvalue weighted by Crippen LogP contribution is -2.45. The first-order valence-electron chi connectivity index (χ1n) is 10.1. The Labute approximate surface area is 147 Å². The van der Waals surface area contributed by atoms with Gasteiger partial charge in [0.05, 0.1) is 5.92 Å². The maximum atomic E-state index is 12.6. The molecule has 24 heavy (non-hydrogen) atoms. The van der Waals surface area contributed by atoms with E-state index in [1.807, 2.05) is 0 Å². The van der Waals surface area contributed by atoms with E-state index in [2.05, 4.69) is 32.3 Å². The number of hydrogen-bond donors (Lipinski definition) is 0. The molecular weight excluding hydrogens is 298 g/mol. The molecule has 3 fully saturated rings. The van der Waals surface area contributed by atoms with Crippen LogP contribution in [-0.4, -0.2) is 36.6 Å². The smallest absolute Gasteiger partial charge is 0.310 e. The van der Waals surface area contributed by atoms with E-state index in [-0.39, 0.29) is 18.0 Å². The molecule has 136 valence electrons. The molecule has 1 saturated heterocycles. The summed E-state index contributed by atoms with van der Waals surface area (Å²) >= 11 is 0. The number of fused-ring (bicyclic) bond motifs is 2. The quantitative estimate of drug-likeness (QED) is 0.532. The predicted octanol–water partition coefficient (Wildman–Crippen LogP) is 4.42. The molecule has 0 spiro atoms. The van der Waals surface area contributed by atoms with Gasteiger partial charge in [0.1, 0.15) is 6.10 Å². The molecule has 0 radical (unpaired) electrons. The van der Waals surface area contributed by atoms with E-state index < -0.39 is 0 Å². The van der Waals surface area contributed by atoms with Gasteiger partial charge in [0.15, 0.2) is 0 Å². The minimum absolute atomic E-state index is 0.0649. The molecule has 5 atom stereocenters. The topological polar surface area (TPSA) is 29.5 Å². The molecule has 0 N–H and O–H groups in total. The van der Waals surface area contributed by atoms with Crippen molar-refractivity contribution in [1.29, 1.82) is 0 Å². The van der Waals surface area contributed by atoms with Crippen molar-refractivity contribution in [1.82, 2.24) is 4.90 Å². The molecular formula is C21H35NO2. The highest BCUT2D eigenvalue weighted by atomic mass is 16.6. The Bertz CT molecular complexity index is 482. The van der Waals surface area contributed by atoms with Crippen LogP contribution < -0.4 is 0 Å². The van der Waals surface area contributed by atoms with Gasteiger partial charge in [-0.3, -0.25) is 4.79 Å². The second-order valence-corrected chi connectivity index (χ2v) is 8.70. The molecule has 0 aromatic heterocycles. The van der Waals surface area contributed by atoms with Crippen LogP contribution in [0.15, 0.2) is 12.2 Å². The van der Waals surface area contributed by atoms with Crippen LogP contribution >= 0.6 is 0 Å². The van der Waals surface area contributed by atoms with Gasteiger partial charge in [-0.25, -0.2) is 0 Å². The van der Waals surface area contributed by atoms with Gasteiger partial charge < -0.3 is 9.64 Å². The summed E-state index contributed by atoms with van der Waals surface area (Å²) in [5.41, 5.74) is 1.73. The highest BCUT2D eigenvalue weighted by Gasteiger charge is 2.55. The van der Waals surface area contributed by atoms with Gasteiger partial charge in [-0.2, -0.15) is 0 Å². The van der Waals surface area contributed by atoms with Crippen molar-refractivity contribution in [2.24, 2.45) is 23.2 Å². The maximum Gasteiger partial charge on any atom is 0.310 e. The summed E-state index contributed by atoms with van der Waals surface area (Å²) in [6, 6.07) is 0. The van der Waals surface area contributed by atoms with Gasteiger partial charge in [0.2, 0.25) is 0 Å². The fourth-order valence-electron chi connectivity index (χ4n) is 5.67. The van der Waals surface area contributed by atoms with Crippen molar-refractivity contribution >= 4 is 5.97 Å². The first-order valence-corrected chi connectivity index (χ1v) is 10.1. The van der Waals surface area contributed by atoms with Crippen molar-refractivity contribution in [2.45, 2.75) is 71.8 Å². The summed E-state index contributed by atoms with van der Waals surface area (Å²) in [6.07, 6.45) is 8.30. The average Bonchev–Trinajstić information content (AvgIpc) is 2.80. The minimum atomic E-state index is 0.0649. The average molecular weight is 334 g/mol. The Morgan fingerprint density at radius 2 is 2.00 bits per heavy atom. The van der Waals surface area contributed by atoms with Crippen molar-refractivity contribution in [2.75, 3.05) is 19.6 Å². The van der Waals surface area contributed by atoms with E-state index in [0.717, 1.165) is 45.3 Å². The fraction of sp³-hybridized carbons (Fsp3) is 0.857. The van der Waals surface area contributed by atoms with Gasteiger partial charge in [-0.05, 0) is 69.4 Å².